The lowest BCUT2D eigenvalue weighted by molar-refractivity contribution is -0.0498. The number of rotatable bonds is 8. The summed E-state index contributed by atoms with van der Waals surface area (Å²) in [5.74, 6) is 0.216. The lowest BCUT2D eigenvalue weighted by Gasteiger charge is -2.08. The van der Waals surface area contributed by atoms with Gasteiger partial charge in [0.2, 0.25) is 0 Å². The monoisotopic (exact) mass is 554 g/mol. The van der Waals surface area contributed by atoms with Gasteiger partial charge in [-0.05, 0) is 64.5 Å². The molecular formula is C21H14BrClF2N4O3S. The van der Waals surface area contributed by atoms with Crippen LogP contribution in [0.15, 0.2) is 64.6 Å². The van der Waals surface area contributed by atoms with E-state index in [0.717, 1.165) is 0 Å². The highest BCUT2D eigenvalue weighted by Gasteiger charge is 2.14. The van der Waals surface area contributed by atoms with E-state index in [1.54, 1.807) is 48.0 Å². The minimum absolute atomic E-state index is 0.0560. The summed E-state index contributed by atoms with van der Waals surface area (Å²) in [7, 11) is 0. The average molecular weight is 556 g/mol. The van der Waals surface area contributed by atoms with Gasteiger partial charge >= 0.3 is 6.61 Å². The molecule has 4 aromatic rings. The highest BCUT2D eigenvalue weighted by Crippen LogP contribution is 2.29. The first-order valence-electron chi connectivity index (χ1n) is 9.31. The summed E-state index contributed by atoms with van der Waals surface area (Å²) >= 11 is 10.5. The van der Waals surface area contributed by atoms with E-state index in [9.17, 15) is 13.6 Å². The Balaban J connectivity index is 1.35. The van der Waals surface area contributed by atoms with Gasteiger partial charge in [-0.15, -0.1) is 11.3 Å². The summed E-state index contributed by atoms with van der Waals surface area (Å²) in [6, 6.07) is 12.8. The van der Waals surface area contributed by atoms with Crippen LogP contribution in [0.4, 0.5) is 13.9 Å². The molecule has 4 rings (SSSR count). The summed E-state index contributed by atoms with van der Waals surface area (Å²) in [6.07, 6.45) is 1.62. The number of ether oxygens (including phenoxy) is 2. The number of nitrogens with zero attached hydrogens (tertiary/aromatic N) is 3. The molecule has 0 saturated carbocycles. The van der Waals surface area contributed by atoms with Crippen LogP contribution in [-0.2, 0) is 6.73 Å². The number of halogens is 4. The van der Waals surface area contributed by atoms with Gasteiger partial charge < -0.3 is 9.47 Å². The molecule has 7 nitrogen and oxygen atoms in total. The van der Waals surface area contributed by atoms with Gasteiger partial charge in [0.15, 0.2) is 17.6 Å². The minimum atomic E-state index is -2.88. The molecule has 0 aliphatic carbocycles. The summed E-state index contributed by atoms with van der Waals surface area (Å²) in [5, 5.41) is 9.60. The van der Waals surface area contributed by atoms with E-state index in [1.807, 2.05) is 0 Å². The first-order chi connectivity index (χ1) is 15.9. The Labute approximate surface area is 204 Å². The number of benzene rings is 2. The first-order valence-corrected chi connectivity index (χ1v) is 11.4. The van der Waals surface area contributed by atoms with E-state index < -0.39 is 12.5 Å². The standard InChI is InChI=1S/C21H14BrClF2N4O3S/c22-15-9-13(23)3-6-18(15)31-11-29-8-7-16(28-29)19(30)27-21-26-17(10-33-21)12-1-4-14(5-2-12)32-20(24)25/h1-10,20H,11H2,(H,26,27,30). The van der Waals surface area contributed by atoms with Crippen LogP contribution in [0.3, 0.4) is 0 Å². The number of anilines is 1. The number of amides is 1. The van der Waals surface area contributed by atoms with Gasteiger partial charge in [0.05, 0.1) is 10.2 Å². The van der Waals surface area contributed by atoms with Crippen molar-refractivity contribution in [3.8, 4) is 22.8 Å². The third kappa shape index (κ3) is 6.06. The minimum Gasteiger partial charge on any atom is -0.470 e. The van der Waals surface area contributed by atoms with Crippen LogP contribution >= 0.6 is 38.9 Å². The van der Waals surface area contributed by atoms with Crippen LogP contribution in [0.25, 0.3) is 11.3 Å². The topological polar surface area (TPSA) is 78.3 Å². The van der Waals surface area contributed by atoms with E-state index in [0.29, 0.717) is 31.6 Å². The Hall–Kier alpha value is -3.02. The maximum absolute atomic E-state index is 12.5. The summed E-state index contributed by atoms with van der Waals surface area (Å²) < 4.78 is 36.7. The van der Waals surface area contributed by atoms with Crippen molar-refractivity contribution < 1.29 is 23.0 Å². The van der Waals surface area contributed by atoms with Gasteiger partial charge in [-0.3, -0.25) is 10.1 Å². The molecule has 0 saturated heterocycles. The molecule has 2 heterocycles. The van der Waals surface area contributed by atoms with Gasteiger partial charge in [-0.25, -0.2) is 9.67 Å². The maximum Gasteiger partial charge on any atom is 0.387 e. The van der Waals surface area contributed by atoms with Crippen molar-refractivity contribution in [3.05, 3.63) is 75.3 Å². The van der Waals surface area contributed by atoms with Crippen LogP contribution in [0.5, 0.6) is 11.5 Å². The largest absolute Gasteiger partial charge is 0.470 e. The van der Waals surface area contributed by atoms with Gasteiger partial charge in [0.25, 0.3) is 5.91 Å². The number of hydrogen-bond donors (Lipinski definition) is 1. The van der Waals surface area contributed by atoms with Crippen molar-refractivity contribution in [3.63, 3.8) is 0 Å². The number of alkyl halides is 2. The second-order valence-electron chi connectivity index (χ2n) is 6.48. The van der Waals surface area contributed by atoms with Gasteiger partial charge in [0, 0.05) is 22.2 Å². The number of nitrogens with one attached hydrogen (secondary N) is 1. The number of aromatic nitrogens is 3. The summed E-state index contributed by atoms with van der Waals surface area (Å²) in [4.78, 5) is 16.9. The Morgan fingerprint density at radius 1 is 1.21 bits per heavy atom. The Morgan fingerprint density at radius 2 is 2.00 bits per heavy atom. The van der Waals surface area contributed by atoms with Crippen molar-refractivity contribution >= 4 is 49.9 Å². The maximum atomic E-state index is 12.5. The highest BCUT2D eigenvalue weighted by atomic mass is 79.9. The van der Waals surface area contributed by atoms with E-state index in [2.05, 4.69) is 36.1 Å². The Kier molecular flexibility index (Phi) is 7.21. The predicted octanol–water partition coefficient (Wildman–Crippen LogP) is 6.31. The lowest BCUT2D eigenvalue weighted by Crippen LogP contribution is -2.14. The van der Waals surface area contributed by atoms with Crippen LogP contribution in [-0.4, -0.2) is 27.3 Å². The summed E-state index contributed by atoms with van der Waals surface area (Å²) in [5.41, 5.74) is 1.48. The number of thiazole rings is 1. The molecule has 2 aromatic carbocycles. The smallest absolute Gasteiger partial charge is 0.387 e. The summed E-state index contributed by atoms with van der Waals surface area (Å²) in [6.45, 7) is -2.79. The van der Waals surface area contributed by atoms with E-state index in [4.69, 9.17) is 16.3 Å². The molecule has 0 bridgehead atoms. The van der Waals surface area contributed by atoms with E-state index in [-0.39, 0.29) is 18.2 Å². The molecule has 0 spiro atoms. The normalized spacial score (nSPS) is 10.9. The van der Waals surface area contributed by atoms with Crippen LogP contribution in [0.1, 0.15) is 10.5 Å². The molecule has 2 aromatic heterocycles. The van der Waals surface area contributed by atoms with Gasteiger partial charge in [-0.1, -0.05) is 11.6 Å². The molecule has 1 amide bonds. The van der Waals surface area contributed by atoms with Crippen LogP contribution in [0.2, 0.25) is 5.02 Å². The van der Waals surface area contributed by atoms with E-state index >= 15 is 0 Å². The molecule has 0 atom stereocenters. The zero-order valence-corrected chi connectivity index (χ0v) is 19.7. The molecule has 0 aliphatic rings. The second-order valence-corrected chi connectivity index (χ2v) is 8.63. The first kappa shape index (κ1) is 23.1. The highest BCUT2D eigenvalue weighted by molar-refractivity contribution is 9.10. The number of hydrogen-bond acceptors (Lipinski definition) is 6. The quantitative estimate of drug-likeness (QED) is 0.276. The van der Waals surface area contributed by atoms with E-state index in [1.165, 1.54) is 28.2 Å². The zero-order valence-electron chi connectivity index (χ0n) is 16.5. The molecule has 0 radical (unpaired) electrons. The molecule has 170 valence electrons. The number of carbonyl (C=O) groups is 1. The Morgan fingerprint density at radius 3 is 2.73 bits per heavy atom. The SMILES string of the molecule is O=C(Nc1nc(-c2ccc(OC(F)F)cc2)cs1)c1ccn(COc2ccc(Cl)cc2Br)n1. The van der Waals surface area contributed by atoms with Gasteiger partial charge in [0.1, 0.15) is 11.5 Å². The van der Waals surface area contributed by atoms with Crippen molar-refractivity contribution in [1.29, 1.82) is 0 Å². The second kappa shape index (κ2) is 10.3. The fourth-order valence-corrected chi connectivity index (χ4v) is 4.23. The fraction of sp³-hybridized carbons (Fsp3) is 0.0952. The predicted molar refractivity (Wildman–Crippen MR) is 124 cm³/mol. The van der Waals surface area contributed by atoms with Crippen molar-refractivity contribution in [2.45, 2.75) is 13.3 Å². The molecule has 12 heteroatoms. The van der Waals surface area contributed by atoms with Gasteiger partial charge in [-0.2, -0.15) is 13.9 Å². The third-order valence-corrected chi connectivity index (χ3v) is 5.83. The fourth-order valence-electron chi connectivity index (χ4n) is 2.71. The number of carbonyl (C=O) groups excluding carboxylic acids is 1. The molecule has 0 fully saturated rings. The van der Waals surface area contributed by atoms with Crippen molar-refractivity contribution in [1.82, 2.24) is 14.8 Å². The molecule has 33 heavy (non-hydrogen) atoms. The molecule has 0 aliphatic heterocycles. The van der Waals surface area contributed by atoms with Crippen molar-refractivity contribution in [2.75, 3.05) is 5.32 Å². The Bertz CT molecular complexity index is 1270. The molecular weight excluding hydrogens is 542 g/mol. The molecule has 0 unspecified atom stereocenters. The zero-order chi connectivity index (χ0) is 23.4. The molecule has 1 N–H and O–H groups in total. The lowest BCUT2D eigenvalue weighted by atomic mass is 10.2. The third-order valence-electron chi connectivity index (χ3n) is 4.22. The van der Waals surface area contributed by atoms with Crippen molar-refractivity contribution in [2.24, 2.45) is 0 Å². The van der Waals surface area contributed by atoms with Crippen LogP contribution < -0.4 is 14.8 Å². The average Bonchev–Trinajstić information content (AvgIpc) is 3.43. The van der Waals surface area contributed by atoms with Crippen LogP contribution in [0, 0.1) is 0 Å².